The van der Waals surface area contributed by atoms with Crippen LogP contribution in [-0.2, 0) is 11.3 Å². The number of carbonyl (C=O) groups is 1. The third kappa shape index (κ3) is 4.17. The molecule has 8 nitrogen and oxygen atoms in total. The molecule has 2 aromatic heterocycles. The van der Waals surface area contributed by atoms with Crippen molar-refractivity contribution in [2.45, 2.75) is 38.3 Å². The van der Waals surface area contributed by atoms with E-state index in [1.165, 1.54) is 17.5 Å². The Morgan fingerprint density at radius 2 is 2.14 bits per heavy atom. The van der Waals surface area contributed by atoms with Crippen LogP contribution >= 0.6 is 0 Å². The molecule has 1 aliphatic carbocycles. The summed E-state index contributed by atoms with van der Waals surface area (Å²) in [5.74, 6) is -0.141. The van der Waals surface area contributed by atoms with Crippen LogP contribution in [0, 0.1) is 6.92 Å². The minimum Gasteiger partial charge on any atom is -0.479 e. The van der Waals surface area contributed by atoms with Gasteiger partial charge >= 0.3 is 5.97 Å². The van der Waals surface area contributed by atoms with E-state index in [0.29, 0.717) is 11.9 Å². The number of aliphatic hydroxyl groups is 1. The van der Waals surface area contributed by atoms with Crippen LogP contribution in [0.15, 0.2) is 42.9 Å². The Morgan fingerprint density at radius 1 is 1.32 bits per heavy atom. The average Bonchev–Trinajstić information content (AvgIpc) is 3.41. The van der Waals surface area contributed by atoms with Crippen LogP contribution in [0.5, 0.6) is 0 Å². The van der Waals surface area contributed by atoms with Gasteiger partial charge in [0.15, 0.2) is 6.10 Å². The monoisotopic (exact) mass is 379 g/mol. The number of carboxylic acids is 1. The molecule has 1 aromatic carbocycles. The van der Waals surface area contributed by atoms with Gasteiger partial charge in [0.05, 0.1) is 12.7 Å². The van der Waals surface area contributed by atoms with Crippen LogP contribution < -0.4 is 5.32 Å². The number of hydrogen-bond donors (Lipinski definition) is 3. The first-order valence-corrected chi connectivity index (χ1v) is 9.13. The van der Waals surface area contributed by atoms with Crippen LogP contribution in [0.4, 0.5) is 11.6 Å². The molecule has 0 unspecified atom stereocenters. The summed E-state index contributed by atoms with van der Waals surface area (Å²) >= 11 is 0. The number of aryl methyl sites for hydroxylation is 1. The molecule has 2 heterocycles. The third-order valence-corrected chi connectivity index (χ3v) is 4.62. The fourth-order valence-corrected chi connectivity index (χ4v) is 3.06. The van der Waals surface area contributed by atoms with E-state index in [-0.39, 0.29) is 6.54 Å². The molecule has 28 heavy (non-hydrogen) atoms. The molecule has 4 rings (SSSR count). The van der Waals surface area contributed by atoms with Crippen molar-refractivity contribution < 1.29 is 15.0 Å². The van der Waals surface area contributed by atoms with Crippen LogP contribution in [-0.4, -0.2) is 42.0 Å². The summed E-state index contributed by atoms with van der Waals surface area (Å²) in [4.78, 5) is 19.7. The quantitative estimate of drug-likeness (QED) is 0.578. The van der Waals surface area contributed by atoms with Crippen molar-refractivity contribution in [3.63, 3.8) is 0 Å². The van der Waals surface area contributed by atoms with Gasteiger partial charge in [-0.2, -0.15) is 5.10 Å². The summed E-state index contributed by atoms with van der Waals surface area (Å²) < 4.78 is 1.42. The van der Waals surface area contributed by atoms with Crippen LogP contribution in [0.2, 0.25) is 0 Å². The number of nitrogens with zero attached hydrogens (tertiary/aromatic N) is 4. The lowest BCUT2D eigenvalue weighted by atomic mass is 10.1. The SMILES string of the molecule is Cc1cc(Nc2nccc(C3CC3)n2)cc(-c2cnn(C[C@H](O)C(=O)O)c2)c1. The highest BCUT2D eigenvalue weighted by Crippen LogP contribution is 2.39. The second-order valence-corrected chi connectivity index (χ2v) is 7.10. The Hall–Kier alpha value is -3.26. The number of benzene rings is 1. The number of anilines is 2. The number of aliphatic hydroxyl groups excluding tert-OH is 1. The molecule has 0 bridgehead atoms. The van der Waals surface area contributed by atoms with Gasteiger partial charge in [-0.15, -0.1) is 0 Å². The molecule has 8 heteroatoms. The minimum absolute atomic E-state index is 0.103. The minimum atomic E-state index is -1.49. The Bertz CT molecular complexity index is 1010. The van der Waals surface area contributed by atoms with Crippen LogP contribution in [0.25, 0.3) is 11.1 Å². The van der Waals surface area contributed by atoms with Crippen molar-refractivity contribution in [2.75, 3.05) is 5.32 Å². The van der Waals surface area contributed by atoms with Crippen molar-refractivity contribution in [2.24, 2.45) is 0 Å². The van der Waals surface area contributed by atoms with E-state index in [2.05, 4.69) is 20.4 Å². The van der Waals surface area contributed by atoms with E-state index in [4.69, 9.17) is 5.11 Å². The maximum Gasteiger partial charge on any atom is 0.334 e. The molecule has 3 N–H and O–H groups in total. The van der Waals surface area contributed by atoms with Crippen molar-refractivity contribution in [3.05, 3.63) is 54.1 Å². The zero-order valence-corrected chi connectivity index (χ0v) is 15.4. The summed E-state index contributed by atoms with van der Waals surface area (Å²) in [5, 5.41) is 25.7. The standard InChI is InChI=1S/C20H21N5O3/c1-12-6-14(15-9-22-25(10-15)11-18(26)19(27)28)8-16(7-12)23-20-21-5-4-17(24-20)13-2-3-13/h4-10,13,18,26H,2-3,11H2,1H3,(H,27,28)(H,21,23,24)/t18-/m0/s1. The average molecular weight is 379 g/mol. The highest BCUT2D eigenvalue weighted by atomic mass is 16.4. The molecule has 0 aliphatic heterocycles. The summed E-state index contributed by atoms with van der Waals surface area (Å²) in [7, 11) is 0. The molecule has 3 aromatic rings. The molecule has 0 amide bonds. The lowest BCUT2D eigenvalue weighted by molar-refractivity contribution is -0.147. The van der Waals surface area contributed by atoms with Gasteiger partial charge in [0.25, 0.3) is 0 Å². The van der Waals surface area contributed by atoms with E-state index in [1.807, 2.05) is 31.2 Å². The van der Waals surface area contributed by atoms with E-state index in [1.54, 1.807) is 18.6 Å². The Kier molecular flexibility index (Phi) is 4.79. The summed E-state index contributed by atoms with van der Waals surface area (Å²) in [6.07, 6.45) is 6.03. The van der Waals surface area contributed by atoms with E-state index in [0.717, 1.165) is 28.1 Å². The first kappa shape index (κ1) is 18.1. The number of aliphatic carboxylic acids is 1. The van der Waals surface area contributed by atoms with Crippen molar-refractivity contribution in [1.29, 1.82) is 0 Å². The lowest BCUT2D eigenvalue weighted by Gasteiger charge is -2.09. The van der Waals surface area contributed by atoms with Gasteiger partial charge in [-0.1, -0.05) is 6.07 Å². The zero-order valence-electron chi connectivity index (χ0n) is 15.4. The largest absolute Gasteiger partial charge is 0.479 e. The zero-order chi connectivity index (χ0) is 19.7. The third-order valence-electron chi connectivity index (χ3n) is 4.62. The normalized spacial score (nSPS) is 14.6. The fraction of sp³-hybridized carbons (Fsp3) is 0.300. The maximum atomic E-state index is 10.8. The number of carboxylic acid groups (broad SMARTS) is 1. The van der Waals surface area contributed by atoms with Gasteiger partial charge in [-0.25, -0.2) is 14.8 Å². The van der Waals surface area contributed by atoms with E-state index >= 15 is 0 Å². The molecule has 0 spiro atoms. The second kappa shape index (κ2) is 7.40. The molecule has 1 saturated carbocycles. The predicted octanol–water partition coefficient (Wildman–Crippen LogP) is 2.72. The summed E-state index contributed by atoms with van der Waals surface area (Å²) in [6.45, 7) is 1.89. The first-order valence-electron chi connectivity index (χ1n) is 9.13. The van der Waals surface area contributed by atoms with Crippen molar-refractivity contribution >= 4 is 17.6 Å². The highest BCUT2D eigenvalue weighted by molar-refractivity contribution is 5.72. The summed E-state index contributed by atoms with van der Waals surface area (Å²) in [5.41, 5.74) is 4.75. The van der Waals surface area contributed by atoms with Gasteiger partial charge in [0.2, 0.25) is 5.95 Å². The topological polar surface area (TPSA) is 113 Å². The van der Waals surface area contributed by atoms with Crippen molar-refractivity contribution in [3.8, 4) is 11.1 Å². The van der Waals surface area contributed by atoms with Gasteiger partial charge < -0.3 is 15.5 Å². The number of nitrogens with one attached hydrogen (secondary N) is 1. The molecular formula is C20H21N5O3. The number of rotatable bonds is 7. The van der Waals surface area contributed by atoms with Crippen molar-refractivity contribution in [1.82, 2.24) is 19.7 Å². The van der Waals surface area contributed by atoms with Gasteiger partial charge in [0, 0.05) is 35.3 Å². The van der Waals surface area contributed by atoms with E-state index in [9.17, 15) is 9.90 Å². The maximum absolute atomic E-state index is 10.8. The molecule has 1 aliphatic rings. The Morgan fingerprint density at radius 3 is 2.89 bits per heavy atom. The molecule has 1 atom stereocenters. The number of aromatic nitrogens is 4. The molecule has 0 radical (unpaired) electrons. The predicted molar refractivity (Wildman–Crippen MR) is 103 cm³/mol. The van der Waals surface area contributed by atoms with Gasteiger partial charge in [-0.3, -0.25) is 4.68 Å². The summed E-state index contributed by atoms with van der Waals surface area (Å²) in [6, 6.07) is 7.95. The van der Waals surface area contributed by atoms with E-state index < -0.39 is 12.1 Å². The smallest absolute Gasteiger partial charge is 0.334 e. The molecule has 1 fully saturated rings. The lowest BCUT2D eigenvalue weighted by Crippen LogP contribution is -2.25. The Labute approximate surface area is 161 Å². The molecular weight excluding hydrogens is 358 g/mol. The molecule has 0 saturated heterocycles. The Balaban J connectivity index is 1.55. The second-order valence-electron chi connectivity index (χ2n) is 7.10. The highest BCUT2D eigenvalue weighted by Gasteiger charge is 2.25. The fourth-order valence-electron chi connectivity index (χ4n) is 3.06. The van der Waals surface area contributed by atoms with Gasteiger partial charge in [0.1, 0.15) is 0 Å². The first-order chi connectivity index (χ1) is 13.5. The number of hydrogen-bond acceptors (Lipinski definition) is 6. The van der Waals surface area contributed by atoms with Crippen LogP contribution in [0.1, 0.15) is 30.0 Å². The van der Waals surface area contributed by atoms with Crippen LogP contribution in [0.3, 0.4) is 0 Å². The molecule has 144 valence electrons. The van der Waals surface area contributed by atoms with Gasteiger partial charge in [-0.05, 0) is 49.1 Å².